The molecule has 2 aliphatic heterocycles. The van der Waals surface area contributed by atoms with Crippen LogP contribution in [0.3, 0.4) is 0 Å². The largest absolute Gasteiger partial charge is 0.349 e. The Morgan fingerprint density at radius 2 is 2.03 bits per heavy atom. The Morgan fingerprint density at radius 1 is 1.19 bits per heavy atom. The monoisotopic (exact) mass is 433 g/mol. The number of hydrogen-bond acceptors (Lipinski definition) is 6. The quantitative estimate of drug-likeness (QED) is 0.538. The average Bonchev–Trinajstić information content (AvgIpc) is 3.38. The molecule has 3 aromatic heterocycles. The fourth-order valence-corrected chi connectivity index (χ4v) is 4.74. The number of nitrogens with zero attached hydrogens (tertiary/aromatic N) is 4. The van der Waals surface area contributed by atoms with Gasteiger partial charge in [-0.1, -0.05) is 6.07 Å². The zero-order chi connectivity index (χ0) is 22.0. The van der Waals surface area contributed by atoms with Crippen molar-refractivity contribution in [3.63, 3.8) is 0 Å². The lowest BCUT2D eigenvalue weighted by molar-refractivity contribution is -0.129. The zero-order valence-electron chi connectivity index (χ0n) is 17.9. The number of carbonyl (C=O) groups excluding carboxylic acids is 2. The van der Waals surface area contributed by atoms with Crippen molar-refractivity contribution < 1.29 is 9.59 Å². The Bertz CT molecular complexity index is 1070. The first-order valence-electron chi connectivity index (χ1n) is 11.0. The first kappa shape index (κ1) is 20.6. The summed E-state index contributed by atoms with van der Waals surface area (Å²) in [6, 6.07) is 9.57. The van der Waals surface area contributed by atoms with Crippen LogP contribution in [0.2, 0.25) is 0 Å². The average molecular weight is 434 g/mol. The SMILES string of the molecule is O=C(NCCN1CCC2(CC1)C(=O)NCN2Cc1cccnc1)c1cc2cccnc2[nH]1. The van der Waals surface area contributed by atoms with E-state index in [1.54, 1.807) is 12.4 Å². The smallest absolute Gasteiger partial charge is 0.267 e. The molecule has 5 heterocycles. The van der Waals surface area contributed by atoms with Gasteiger partial charge in [-0.25, -0.2) is 4.98 Å². The Morgan fingerprint density at radius 3 is 2.81 bits per heavy atom. The first-order chi connectivity index (χ1) is 15.6. The number of amides is 2. The summed E-state index contributed by atoms with van der Waals surface area (Å²) in [5.74, 6) is -0.00365. The van der Waals surface area contributed by atoms with Crippen LogP contribution in [0.15, 0.2) is 48.9 Å². The van der Waals surface area contributed by atoms with Gasteiger partial charge in [-0.15, -0.1) is 0 Å². The molecule has 32 heavy (non-hydrogen) atoms. The summed E-state index contributed by atoms with van der Waals surface area (Å²) in [6.45, 7) is 4.24. The third-order valence-corrected chi connectivity index (χ3v) is 6.59. The number of aromatic nitrogens is 3. The summed E-state index contributed by atoms with van der Waals surface area (Å²) in [5, 5.41) is 6.94. The molecule has 0 aliphatic carbocycles. The number of fused-ring (bicyclic) bond motifs is 1. The molecule has 3 N–H and O–H groups in total. The number of rotatable bonds is 6. The zero-order valence-corrected chi connectivity index (χ0v) is 17.9. The van der Waals surface area contributed by atoms with Gasteiger partial charge in [-0.05, 0) is 42.7 Å². The molecule has 0 atom stereocenters. The third-order valence-electron chi connectivity index (χ3n) is 6.59. The molecular weight excluding hydrogens is 406 g/mol. The van der Waals surface area contributed by atoms with Gasteiger partial charge in [-0.3, -0.25) is 19.5 Å². The molecule has 0 unspecified atom stereocenters. The number of nitrogens with one attached hydrogen (secondary N) is 3. The highest BCUT2D eigenvalue weighted by molar-refractivity contribution is 5.97. The van der Waals surface area contributed by atoms with E-state index < -0.39 is 5.54 Å². The normalized spacial score (nSPS) is 18.8. The molecule has 1 spiro atoms. The minimum atomic E-state index is -0.451. The third kappa shape index (κ3) is 3.96. The number of carbonyl (C=O) groups is 2. The van der Waals surface area contributed by atoms with E-state index in [2.05, 4.69) is 35.4 Å². The predicted molar refractivity (Wildman–Crippen MR) is 120 cm³/mol. The first-order valence-corrected chi connectivity index (χ1v) is 11.0. The van der Waals surface area contributed by atoms with Crippen LogP contribution >= 0.6 is 0 Å². The molecule has 3 aromatic rings. The molecule has 5 rings (SSSR count). The molecule has 9 nitrogen and oxygen atoms in total. The topological polar surface area (TPSA) is 106 Å². The summed E-state index contributed by atoms with van der Waals surface area (Å²) in [6.07, 6.45) is 6.88. The predicted octanol–water partition coefficient (Wildman–Crippen LogP) is 1.11. The van der Waals surface area contributed by atoms with E-state index in [0.717, 1.165) is 43.4 Å². The van der Waals surface area contributed by atoms with Gasteiger partial charge in [0.05, 0.1) is 6.67 Å². The summed E-state index contributed by atoms with van der Waals surface area (Å²) in [4.78, 5) is 41.2. The molecule has 2 amide bonds. The molecular formula is C23H27N7O2. The van der Waals surface area contributed by atoms with Gasteiger partial charge in [0, 0.05) is 56.7 Å². The lowest BCUT2D eigenvalue weighted by Crippen LogP contribution is -2.56. The molecule has 2 fully saturated rings. The number of aromatic amines is 1. The van der Waals surface area contributed by atoms with Crippen LogP contribution in [0.1, 0.15) is 28.9 Å². The summed E-state index contributed by atoms with van der Waals surface area (Å²) in [5.41, 5.74) is 1.89. The molecule has 2 saturated heterocycles. The summed E-state index contributed by atoms with van der Waals surface area (Å²) in [7, 11) is 0. The fraction of sp³-hybridized carbons (Fsp3) is 0.391. The van der Waals surface area contributed by atoms with Gasteiger partial charge >= 0.3 is 0 Å². The minimum absolute atomic E-state index is 0.127. The molecule has 0 saturated carbocycles. The molecule has 9 heteroatoms. The second kappa shape index (κ2) is 8.68. The molecule has 2 aliphatic rings. The highest BCUT2D eigenvalue weighted by Gasteiger charge is 2.49. The highest BCUT2D eigenvalue weighted by atomic mass is 16.2. The van der Waals surface area contributed by atoms with E-state index in [4.69, 9.17) is 0 Å². The number of hydrogen-bond donors (Lipinski definition) is 3. The number of likely N-dealkylation sites (tertiary alicyclic amines) is 1. The van der Waals surface area contributed by atoms with E-state index in [1.165, 1.54) is 0 Å². The van der Waals surface area contributed by atoms with Crippen molar-refractivity contribution in [3.8, 4) is 0 Å². The van der Waals surface area contributed by atoms with Crippen molar-refractivity contribution in [2.24, 2.45) is 0 Å². The fourth-order valence-electron chi connectivity index (χ4n) is 4.74. The maximum atomic E-state index is 12.7. The van der Waals surface area contributed by atoms with Crippen LogP contribution < -0.4 is 10.6 Å². The van der Waals surface area contributed by atoms with Crippen molar-refractivity contribution in [1.82, 2.24) is 35.4 Å². The number of H-pyrrole nitrogens is 1. The van der Waals surface area contributed by atoms with E-state index in [1.807, 2.05) is 36.5 Å². The molecule has 0 radical (unpaired) electrons. The molecule has 0 aromatic carbocycles. The van der Waals surface area contributed by atoms with Crippen molar-refractivity contribution >= 4 is 22.8 Å². The summed E-state index contributed by atoms with van der Waals surface area (Å²) < 4.78 is 0. The van der Waals surface area contributed by atoms with Gasteiger partial charge in [0.15, 0.2) is 0 Å². The maximum Gasteiger partial charge on any atom is 0.267 e. The van der Waals surface area contributed by atoms with E-state index in [9.17, 15) is 9.59 Å². The standard InChI is InChI=1S/C23H27N7O2/c31-21(19-13-18-4-2-8-25-20(18)28-19)26-9-12-29-10-5-23(6-11-29)22(32)27-16-30(23)15-17-3-1-7-24-14-17/h1-4,7-8,13-14H,5-6,9-12,15-16H2,(H,25,28)(H,26,31)(H,27,32). The number of piperidine rings is 1. The van der Waals surface area contributed by atoms with Crippen LogP contribution in [-0.2, 0) is 11.3 Å². The maximum absolute atomic E-state index is 12.7. The van der Waals surface area contributed by atoms with E-state index in [0.29, 0.717) is 31.1 Å². The molecule has 0 bridgehead atoms. The van der Waals surface area contributed by atoms with Crippen LogP contribution in [0.25, 0.3) is 11.0 Å². The van der Waals surface area contributed by atoms with Crippen LogP contribution in [0.5, 0.6) is 0 Å². The van der Waals surface area contributed by atoms with Crippen molar-refractivity contribution in [1.29, 1.82) is 0 Å². The van der Waals surface area contributed by atoms with Gasteiger partial charge in [0.1, 0.15) is 16.9 Å². The Balaban J connectivity index is 1.13. The van der Waals surface area contributed by atoms with Crippen molar-refractivity contribution in [2.75, 3.05) is 32.8 Å². The minimum Gasteiger partial charge on any atom is -0.349 e. The van der Waals surface area contributed by atoms with Crippen LogP contribution in [0.4, 0.5) is 0 Å². The van der Waals surface area contributed by atoms with Crippen LogP contribution in [-0.4, -0.2) is 75.0 Å². The van der Waals surface area contributed by atoms with Crippen LogP contribution in [0, 0.1) is 0 Å². The van der Waals surface area contributed by atoms with E-state index in [-0.39, 0.29) is 11.8 Å². The second-order valence-electron chi connectivity index (χ2n) is 8.48. The Labute approximate surface area is 186 Å². The van der Waals surface area contributed by atoms with E-state index >= 15 is 0 Å². The van der Waals surface area contributed by atoms with Gasteiger partial charge in [-0.2, -0.15) is 0 Å². The van der Waals surface area contributed by atoms with Gasteiger partial charge in [0.25, 0.3) is 5.91 Å². The molecule has 166 valence electrons. The Hall–Kier alpha value is -3.30. The summed E-state index contributed by atoms with van der Waals surface area (Å²) >= 11 is 0. The Kier molecular flexibility index (Phi) is 5.59. The van der Waals surface area contributed by atoms with Crippen molar-refractivity contribution in [3.05, 3.63) is 60.2 Å². The highest BCUT2D eigenvalue weighted by Crippen LogP contribution is 2.33. The second-order valence-corrected chi connectivity index (χ2v) is 8.48. The van der Waals surface area contributed by atoms with Crippen molar-refractivity contribution in [2.45, 2.75) is 24.9 Å². The van der Waals surface area contributed by atoms with Gasteiger partial charge in [0.2, 0.25) is 5.91 Å². The van der Waals surface area contributed by atoms with Gasteiger partial charge < -0.3 is 20.5 Å². The number of pyridine rings is 2. The lowest BCUT2D eigenvalue weighted by atomic mass is 9.86. The lowest BCUT2D eigenvalue weighted by Gasteiger charge is -2.42.